The Balaban J connectivity index is 1.68. The standard InChI is InChI=1S/C19H21ClFNO2/c1-12-8-19(9-18(2,3)17(12)24)10-22(11-19)16(23)6-13-4-14(20)7-15(21)5-13/h4-5,7-8H,6,9-11H2,1-3H3. The summed E-state index contributed by atoms with van der Waals surface area (Å²) in [6.45, 7) is 7.01. The van der Waals surface area contributed by atoms with Crippen molar-refractivity contribution in [1.82, 2.24) is 4.90 Å². The third kappa shape index (κ3) is 3.12. The maximum absolute atomic E-state index is 13.4. The number of rotatable bonds is 2. The molecule has 0 unspecified atom stereocenters. The van der Waals surface area contributed by atoms with Gasteiger partial charge in [-0.25, -0.2) is 4.39 Å². The quantitative estimate of drug-likeness (QED) is 0.814. The minimum Gasteiger partial charge on any atom is -0.341 e. The second kappa shape index (κ2) is 5.69. The molecule has 3 rings (SSSR count). The Morgan fingerprint density at radius 3 is 2.54 bits per heavy atom. The molecule has 1 aromatic carbocycles. The zero-order valence-electron chi connectivity index (χ0n) is 14.2. The molecule has 0 saturated carbocycles. The van der Waals surface area contributed by atoms with Crippen LogP contribution in [0.1, 0.15) is 32.8 Å². The minimum atomic E-state index is -0.434. The van der Waals surface area contributed by atoms with Crippen molar-refractivity contribution in [2.45, 2.75) is 33.6 Å². The van der Waals surface area contributed by atoms with E-state index in [0.717, 1.165) is 12.0 Å². The van der Waals surface area contributed by atoms with E-state index in [0.29, 0.717) is 23.7 Å². The molecule has 0 bridgehead atoms. The second-order valence-corrected chi connectivity index (χ2v) is 8.22. The summed E-state index contributed by atoms with van der Waals surface area (Å²) in [4.78, 5) is 26.4. The van der Waals surface area contributed by atoms with Crippen LogP contribution in [0.3, 0.4) is 0 Å². The van der Waals surface area contributed by atoms with Gasteiger partial charge in [-0.2, -0.15) is 0 Å². The summed E-state index contributed by atoms with van der Waals surface area (Å²) in [5.41, 5.74) is 0.882. The molecule has 0 radical (unpaired) electrons. The fourth-order valence-corrected chi connectivity index (χ4v) is 4.41. The first kappa shape index (κ1) is 17.2. The molecule has 1 fully saturated rings. The number of carbonyl (C=O) groups excluding carboxylic acids is 2. The second-order valence-electron chi connectivity index (χ2n) is 7.78. The molecule has 1 amide bonds. The van der Waals surface area contributed by atoms with Gasteiger partial charge in [-0.1, -0.05) is 31.5 Å². The van der Waals surface area contributed by atoms with Crippen molar-refractivity contribution in [3.05, 3.63) is 46.3 Å². The van der Waals surface area contributed by atoms with E-state index in [2.05, 4.69) is 0 Å². The topological polar surface area (TPSA) is 37.4 Å². The minimum absolute atomic E-state index is 0.0388. The highest BCUT2D eigenvalue weighted by Crippen LogP contribution is 2.48. The maximum atomic E-state index is 13.4. The van der Waals surface area contributed by atoms with Gasteiger partial charge >= 0.3 is 0 Å². The fourth-order valence-electron chi connectivity index (χ4n) is 4.16. The van der Waals surface area contributed by atoms with Gasteiger partial charge in [0.25, 0.3) is 0 Å². The van der Waals surface area contributed by atoms with Gasteiger partial charge in [0.2, 0.25) is 5.91 Å². The van der Waals surface area contributed by atoms with Crippen molar-refractivity contribution >= 4 is 23.3 Å². The number of Topliss-reactive ketones (excluding diaryl/α,β-unsaturated/α-hetero) is 1. The lowest BCUT2D eigenvalue weighted by atomic mass is 9.61. The van der Waals surface area contributed by atoms with Gasteiger partial charge < -0.3 is 4.90 Å². The number of amides is 1. The van der Waals surface area contributed by atoms with Crippen molar-refractivity contribution in [1.29, 1.82) is 0 Å². The number of hydrogen-bond acceptors (Lipinski definition) is 2. The van der Waals surface area contributed by atoms with Gasteiger partial charge in [-0.3, -0.25) is 9.59 Å². The highest BCUT2D eigenvalue weighted by Gasteiger charge is 2.51. The van der Waals surface area contributed by atoms with Crippen LogP contribution in [0.5, 0.6) is 0 Å². The van der Waals surface area contributed by atoms with Crippen LogP contribution in [-0.4, -0.2) is 29.7 Å². The molecule has 1 aliphatic heterocycles. The summed E-state index contributed by atoms with van der Waals surface area (Å²) < 4.78 is 13.4. The summed E-state index contributed by atoms with van der Waals surface area (Å²) in [7, 11) is 0. The Hall–Kier alpha value is -1.68. The first-order valence-corrected chi connectivity index (χ1v) is 8.45. The largest absolute Gasteiger partial charge is 0.341 e. The van der Waals surface area contributed by atoms with Crippen molar-refractivity contribution in [3.8, 4) is 0 Å². The molecule has 0 N–H and O–H groups in total. The summed E-state index contributed by atoms with van der Waals surface area (Å²) in [6, 6.07) is 4.18. The van der Waals surface area contributed by atoms with Crippen LogP contribution < -0.4 is 0 Å². The van der Waals surface area contributed by atoms with Crippen molar-refractivity contribution in [2.75, 3.05) is 13.1 Å². The summed E-state index contributed by atoms with van der Waals surface area (Å²) in [5.74, 6) is -0.285. The third-order valence-electron chi connectivity index (χ3n) is 4.93. The Morgan fingerprint density at radius 2 is 1.96 bits per heavy atom. The average Bonchev–Trinajstić information content (AvgIpc) is 2.40. The Kier molecular flexibility index (Phi) is 4.07. The third-order valence-corrected chi connectivity index (χ3v) is 5.15. The van der Waals surface area contributed by atoms with E-state index in [1.54, 1.807) is 11.0 Å². The monoisotopic (exact) mass is 349 g/mol. The Labute approximate surface area is 146 Å². The lowest BCUT2D eigenvalue weighted by Gasteiger charge is -2.53. The molecule has 128 valence electrons. The van der Waals surface area contributed by atoms with Gasteiger partial charge in [-0.15, -0.1) is 0 Å². The molecule has 1 aliphatic carbocycles. The number of benzene rings is 1. The van der Waals surface area contributed by atoms with E-state index in [1.807, 2.05) is 26.8 Å². The van der Waals surface area contributed by atoms with Gasteiger partial charge in [0.1, 0.15) is 5.82 Å². The molecule has 0 atom stereocenters. The van der Waals surface area contributed by atoms with Gasteiger partial charge in [0.05, 0.1) is 6.42 Å². The molecule has 1 aromatic rings. The predicted octanol–water partition coefficient (Wildman–Crippen LogP) is 3.80. The van der Waals surface area contributed by atoms with Crippen LogP contribution in [0.2, 0.25) is 5.02 Å². The summed E-state index contributed by atoms with van der Waals surface area (Å²) in [6.07, 6.45) is 2.92. The zero-order chi connectivity index (χ0) is 17.7. The van der Waals surface area contributed by atoms with Crippen LogP contribution >= 0.6 is 11.6 Å². The van der Waals surface area contributed by atoms with Crippen molar-refractivity contribution < 1.29 is 14.0 Å². The van der Waals surface area contributed by atoms with Crippen LogP contribution in [-0.2, 0) is 16.0 Å². The lowest BCUT2D eigenvalue weighted by Crippen LogP contribution is -2.61. The fraction of sp³-hybridized carbons (Fsp3) is 0.474. The molecule has 0 aromatic heterocycles. The van der Waals surface area contributed by atoms with Gasteiger partial charge in [-0.05, 0) is 42.7 Å². The molecule has 1 spiro atoms. The highest BCUT2D eigenvalue weighted by atomic mass is 35.5. The first-order chi connectivity index (χ1) is 11.1. The van der Waals surface area contributed by atoms with Gasteiger partial charge in [0.15, 0.2) is 5.78 Å². The van der Waals surface area contributed by atoms with Gasteiger partial charge in [0, 0.05) is 28.9 Å². The summed E-state index contributed by atoms with van der Waals surface area (Å²) >= 11 is 5.83. The molecule has 3 nitrogen and oxygen atoms in total. The molecule has 24 heavy (non-hydrogen) atoms. The van der Waals surface area contributed by atoms with E-state index in [9.17, 15) is 14.0 Å². The first-order valence-electron chi connectivity index (χ1n) is 8.07. The number of carbonyl (C=O) groups is 2. The zero-order valence-corrected chi connectivity index (χ0v) is 14.9. The van der Waals surface area contributed by atoms with Crippen LogP contribution in [0.25, 0.3) is 0 Å². The lowest BCUT2D eigenvalue weighted by molar-refractivity contribution is -0.143. The van der Waals surface area contributed by atoms with Crippen LogP contribution in [0, 0.1) is 16.6 Å². The smallest absolute Gasteiger partial charge is 0.227 e. The molecule has 1 saturated heterocycles. The van der Waals surface area contributed by atoms with Crippen LogP contribution in [0.15, 0.2) is 29.8 Å². The number of ketones is 1. The number of halogens is 2. The Bertz CT molecular complexity index is 727. The number of nitrogens with zero attached hydrogens (tertiary/aromatic N) is 1. The number of likely N-dealkylation sites (tertiary alicyclic amines) is 1. The maximum Gasteiger partial charge on any atom is 0.227 e. The molecular formula is C19H21ClFNO2. The average molecular weight is 350 g/mol. The predicted molar refractivity (Wildman–Crippen MR) is 91.3 cm³/mol. The van der Waals surface area contributed by atoms with Crippen LogP contribution in [0.4, 0.5) is 4.39 Å². The number of hydrogen-bond donors (Lipinski definition) is 0. The van der Waals surface area contributed by atoms with E-state index >= 15 is 0 Å². The molecule has 2 aliphatic rings. The highest BCUT2D eigenvalue weighted by molar-refractivity contribution is 6.30. The van der Waals surface area contributed by atoms with E-state index < -0.39 is 5.82 Å². The van der Waals surface area contributed by atoms with E-state index in [4.69, 9.17) is 11.6 Å². The van der Waals surface area contributed by atoms with E-state index in [-0.39, 0.29) is 28.9 Å². The SMILES string of the molecule is CC1=CC2(CN(C(=O)Cc3cc(F)cc(Cl)c3)C2)CC(C)(C)C1=O. The summed E-state index contributed by atoms with van der Waals surface area (Å²) in [5, 5.41) is 0.295. The number of allylic oxidation sites excluding steroid dienone is 1. The van der Waals surface area contributed by atoms with Crippen molar-refractivity contribution in [2.24, 2.45) is 10.8 Å². The Morgan fingerprint density at radius 1 is 1.29 bits per heavy atom. The molecule has 1 heterocycles. The molecule has 5 heteroatoms. The normalized spacial score (nSPS) is 21.5. The molecular weight excluding hydrogens is 329 g/mol. The van der Waals surface area contributed by atoms with Crippen molar-refractivity contribution in [3.63, 3.8) is 0 Å². The van der Waals surface area contributed by atoms with E-state index in [1.165, 1.54) is 12.1 Å².